The Kier molecular flexibility index (Phi) is 5.39. The van der Waals surface area contributed by atoms with Crippen LogP contribution in [0.5, 0.6) is 0 Å². The van der Waals surface area contributed by atoms with Crippen LogP contribution in [0.1, 0.15) is 42.9 Å². The first-order valence-corrected chi connectivity index (χ1v) is 11.9. The van der Waals surface area contributed by atoms with Crippen molar-refractivity contribution >= 4 is 15.7 Å². The minimum absolute atomic E-state index is 0.0174. The topological polar surface area (TPSA) is 77.2 Å². The van der Waals surface area contributed by atoms with Crippen LogP contribution < -0.4 is 5.73 Å². The van der Waals surface area contributed by atoms with Crippen molar-refractivity contribution in [1.82, 2.24) is 0 Å². The molecule has 10 heteroatoms. The molecule has 4 atom stereocenters. The summed E-state index contributed by atoms with van der Waals surface area (Å²) in [4.78, 5) is 12.0. The van der Waals surface area contributed by atoms with Gasteiger partial charge in [-0.15, -0.1) is 0 Å². The van der Waals surface area contributed by atoms with E-state index in [0.29, 0.717) is 6.92 Å². The Morgan fingerprint density at radius 3 is 2.27 bits per heavy atom. The Balaban J connectivity index is 1.94. The summed E-state index contributed by atoms with van der Waals surface area (Å²) in [5, 5.41) is 0. The number of rotatable bonds is 4. The van der Waals surface area contributed by atoms with E-state index in [2.05, 4.69) is 0 Å². The number of carbonyl (C=O) groups excluding carboxylic acids is 1. The first-order valence-electron chi connectivity index (χ1n) is 10.4. The third-order valence-corrected chi connectivity index (χ3v) is 9.82. The van der Waals surface area contributed by atoms with E-state index in [1.165, 1.54) is 6.07 Å². The molecule has 0 saturated heterocycles. The van der Waals surface area contributed by atoms with Gasteiger partial charge in [0.1, 0.15) is 10.6 Å². The molecule has 33 heavy (non-hydrogen) atoms. The smallest absolute Gasteiger partial charge is 0.369 e. The number of sulfone groups is 1. The lowest BCUT2D eigenvalue weighted by atomic mass is 9.72. The Hall–Kier alpha value is -2.49. The summed E-state index contributed by atoms with van der Waals surface area (Å²) in [5.41, 5.74) is 1.85. The largest absolute Gasteiger partial charge is 0.426 e. The van der Waals surface area contributed by atoms with Crippen molar-refractivity contribution in [3.8, 4) is 0 Å². The Morgan fingerprint density at radius 2 is 1.70 bits per heavy atom. The van der Waals surface area contributed by atoms with E-state index in [1.54, 1.807) is 0 Å². The third kappa shape index (κ3) is 3.36. The Bertz CT molecular complexity index is 1210. The van der Waals surface area contributed by atoms with Gasteiger partial charge in [-0.05, 0) is 79.5 Å². The van der Waals surface area contributed by atoms with Crippen molar-refractivity contribution in [2.45, 2.75) is 54.1 Å². The molecule has 178 valence electrons. The van der Waals surface area contributed by atoms with Gasteiger partial charge in [-0.2, -0.15) is 13.2 Å². The fourth-order valence-electron chi connectivity index (χ4n) is 5.47. The van der Waals surface area contributed by atoms with E-state index in [9.17, 15) is 35.2 Å². The molecule has 4 nitrogen and oxygen atoms in total. The van der Waals surface area contributed by atoms with E-state index in [1.807, 2.05) is 0 Å². The predicted molar refractivity (Wildman–Crippen MR) is 110 cm³/mol. The zero-order valence-electron chi connectivity index (χ0n) is 17.6. The lowest BCUT2D eigenvalue weighted by Crippen LogP contribution is -2.46. The summed E-state index contributed by atoms with van der Waals surface area (Å²) in [6.45, 7) is 0.421. The molecule has 1 unspecified atom stereocenters. The molecule has 0 spiro atoms. The number of halogens is 5. The molecule has 4 rings (SSSR count). The number of alkyl halides is 4. The molecular formula is C23H22F5NO3S. The second-order valence-electron chi connectivity index (χ2n) is 8.91. The molecule has 2 N–H and O–H groups in total. The van der Waals surface area contributed by atoms with Gasteiger partial charge in [0.25, 0.3) is 0 Å². The zero-order chi connectivity index (χ0) is 24.4. The number of aryl methyl sites for hydroxylation is 1. The summed E-state index contributed by atoms with van der Waals surface area (Å²) >= 11 is 0. The van der Waals surface area contributed by atoms with Gasteiger partial charge in [-0.1, -0.05) is 18.2 Å². The molecule has 2 aliphatic carbocycles. The van der Waals surface area contributed by atoms with Crippen LogP contribution in [0.4, 0.5) is 22.0 Å². The Labute approximate surface area is 187 Å². The minimum Gasteiger partial charge on any atom is -0.369 e. The molecule has 1 saturated carbocycles. The highest BCUT2D eigenvalue weighted by atomic mass is 32.2. The van der Waals surface area contributed by atoms with Gasteiger partial charge in [0.2, 0.25) is 11.6 Å². The highest BCUT2D eigenvalue weighted by molar-refractivity contribution is 7.92. The number of carbonyl (C=O) groups is 1. The molecule has 0 heterocycles. The van der Waals surface area contributed by atoms with E-state index in [-0.39, 0.29) is 41.7 Å². The number of nitrogens with two attached hydrogens (primary N) is 1. The molecule has 1 fully saturated rings. The van der Waals surface area contributed by atoms with E-state index in [4.69, 9.17) is 5.73 Å². The molecule has 2 aromatic carbocycles. The number of hydrogen-bond acceptors (Lipinski definition) is 3. The number of amides is 1. The standard InChI is InChI=1S/C23H22F5NO3S/c1-21(25,23(26,27)28)14-3-9-18-13(12-14)2-8-19-17(20(29)30)10-11-22(18,19)33(31,32)16-6-4-15(24)5-7-16/h3-7,9,12,17,19H,2,8,10-11H2,1H3,(H2,29,30)/t17-,19+,21?,22-/m1/s1. The van der Waals surface area contributed by atoms with E-state index < -0.39 is 55.6 Å². The summed E-state index contributed by atoms with van der Waals surface area (Å²) in [7, 11) is -4.22. The van der Waals surface area contributed by atoms with Gasteiger partial charge in [-0.3, -0.25) is 4.79 Å². The van der Waals surface area contributed by atoms with Crippen LogP contribution in [0.2, 0.25) is 0 Å². The van der Waals surface area contributed by atoms with Crippen LogP contribution in [0, 0.1) is 17.7 Å². The van der Waals surface area contributed by atoms with Crippen molar-refractivity contribution in [3.63, 3.8) is 0 Å². The summed E-state index contributed by atoms with van der Waals surface area (Å²) in [6.07, 6.45) is -4.60. The zero-order valence-corrected chi connectivity index (χ0v) is 18.4. The van der Waals surface area contributed by atoms with Gasteiger partial charge >= 0.3 is 6.18 Å². The SMILES string of the molecule is CC(F)(c1ccc2c(c1)CC[C@H]1[C@H](C(N)=O)CC[C@@]21S(=O)(=O)c1ccc(F)cc1)C(F)(F)F. The first-order chi connectivity index (χ1) is 15.2. The normalized spacial score (nSPS) is 26.8. The molecule has 0 radical (unpaired) electrons. The highest BCUT2D eigenvalue weighted by Gasteiger charge is 2.61. The molecule has 2 aromatic rings. The lowest BCUT2D eigenvalue weighted by Gasteiger charge is -2.42. The summed E-state index contributed by atoms with van der Waals surface area (Å²) in [5.74, 6) is -2.73. The number of primary amides is 1. The average Bonchev–Trinajstić information content (AvgIpc) is 3.15. The fraction of sp³-hybridized carbons (Fsp3) is 0.435. The van der Waals surface area contributed by atoms with Crippen molar-refractivity contribution in [2.75, 3.05) is 0 Å². The minimum atomic E-state index is -5.15. The quantitative estimate of drug-likeness (QED) is 0.502. The summed E-state index contributed by atoms with van der Waals surface area (Å²) < 4.78 is 94.2. The van der Waals surface area contributed by atoms with E-state index >= 15 is 0 Å². The molecule has 0 aromatic heterocycles. The molecule has 1 amide bonds. The maximum atomic E-state index is 14.6. The van der Waals surface area contributed by atoms with Crippen molar-refractivity contribution in [2.24, 2.45) is 17.6 Å². The van der Waals surface area contributed by atoms with Crippen molar-refractivity contribution in [1.29, 1.82) is 0 Å². The Morgan fingerprint density at radius 1 is 1.06 bits per heavy atom. The monoisotopic (exact) mass is 487 g/mol. The third-order valence-electron chi connectivity index (χ3n) is 7.24. The van der Waals surface area contributed by atoms with Gasteiger partial charge in [0.15, 0.2) is 9.84 Å². The second-order valence-corrected chi connectivity index (χ2v) is 11.1. The van der Waals surface area contributed by atoms with Gasteiger partial charge < -0.3 is 5.73 Å². The number of fused-ring (bicyclic) bond motifs is 3. The number of benzene rings is 2. The van der Waals surface area contributed by atoms with Crippen LogP contribution in [0.15, 0.2) is 47.4 Å². The van der Waals surface area contributed by atoms with Crippen LogP contribution in [0.3, 0.4) is 0 Å². The lowest BCUT2D eigenvalue weighted by molar-refractivity contribution is -0.228. The van der Waals surface area contributed by atoms with Crippen LogP contribution in [-0.2, 0) is 31.5 Å². The van der Waals surface area contributed by atoms with Gasteiger partial charge in [0.05, 0.1) is 4.90 Å². The molecule has 0 aliphatic heterocycles. The number of hydrogen-bond donors (Lipinski definition) is 1. The maximum absolute atomic E-state index is 14.6. The molecule has 2 aliphatic rings. The molecular weight excluding hydrogens is 465 g/mol. The van der Waals surface area contributed by atoms with Crippen molar-refractivity contribution in [3.05, 3.63) is 65.0 Å². The first kappa shape index (κ1) is 23.7. The van der Waals surface area contributed by atoms with Crippen LogP contribution in [-0.4, -0.2) is 20.5 Å². The fourth-order valence-corrected chi connectivity index (χ4v) is 7.94. The molecule has 0 bridgehead atoms. The van der Waals surface area contributed by atoms with Gasteiger partial charge in [-0.25, -0.2) is 17.2 Å². The predicted octanol–water partition coefficient (Wildman–Crippen LogP) is 4.70. The van der Waals surface area contributed by atoms with Crippen molar-refractivity contribution < 1.29 is 35.2 Å². The van der Waals surface area contributed by atoms with E-state index in [0.717, 1.165) is 36.4 Å². The van der Waals surface area contributed by atoms with Crippen LogP contribution >= 0.6 is 0 Å². The van der Waals surface area contributed by atoms with Gasteiger partial charge in [0, 0.05) is 5.92 Å². The second kappa shape index (κ2) is 7.51. The average molecular weight is 487 g/mol. The summed E-state index contributed by atoms with van der Waals surface area (Å²) in [6, 6.07) is 7.50. The maximum Gasteiger partial charge on any atom is 0.426 e. The van der Waals surface area contributed by atoms with Crippen LogP contribution in [0.25, 0.3) is 0 Å². The highest BCUT2D eigenvalue weighted by Crippen LogP contribution is 2.59.